The number of ether oxygens (including phenoxy) is 1. The summed E-state index contributed by atoms with van der Waals surface area (Å²) in [5.74, 6) is -1.60. The van der Waals surface area contributed by atoms with Gasteiger partial charge in [-0.25, -0.2) is 0 Å². The van der Waals surface area contributed by atoms with Crippen molar-refractivity contribution in [3.8, 4) is 11.5 Å². The van der Waals surface area contributed by atoms with Gasteiger partial charge < -0.3 is 14.9 Å². The fourth-order valence-electron chi connectivity index (χ4n) is 3.64. The van der Waals surface area contributed by atoms with E-state index in [1.807, 2.05) is 0 Å². The van der Waals surface area contributed by atoms with Crippen molar-refractivity contribution in [3.05, 3.63) is 93.5 Å². The molecule has 2 N–H and O–H groups in total. The molecule has 1 amide bonds. The van der Waals surface area contributed by atoms with Crippen LogP contribution in [0.4, 0.5) is 5.69 Å². The van der Waals surface area contributed by atoms with Crippen LogP contribution in [-0.4, -0.2) is 29.0 Å². The van der Waals surface area contributed by atoms with Crippen LogP contribution in [0.5, 0.6) is 11.5 Å². The Hall–Kier alpha value is -3.48. The predicted octanol–water partition coefficient (Wildman–Crippen LogP) is 5.33. The number of hydrogen-bond acceptors (Lipinski definition) is 5. The van der Waals surface area contributed by atoms with Crippen molar-refractivity contribution in [2.75, 3.05) is 12.0 Å². The van der Waals surface area contributed by atoms with E-state index in [1.165, 1.54) is 30.2 Å². The Labute approximate surface area is 193 Å². The van der Waals surface area contributed by atoms with E-state index < -0.39 is 17.7 Å². The molecule has 1 fully saturated rings. The van der Waals surface area contributed by atoms with Crippen molar-refractivity contribution in [1.82, 2.24) is 0 Å². The number of rotatable bonds is 4. The summed E-state index contributed by atoms with van der Waals surface area (Å²) >= 11 is 12.2. The number of carbonyl (C=O) groups is 2. The summed E-state index contributed by atoms with van der Waals surface area (Å²) in [5, 5.41) is 21.3. The number of aromatic hydroxyl groups is 1. The number of ketones is 1. The van der Waals surface area contributed by atoms with Crippen LogP contribution in [-0.2, 0) is 9.59 Å². The third-order valence-electron chi connectivity index (χ3n) is 5.18. The molecule has 8 heteroatoms. The Morgan fingerprint density at radius 3 is 2.34 bits per heavy atom. The van der Waals surface area contributed by atoms with Crippen LogP contribution in [0.25, 0.3) is 5.76 Å². The van der Waals surface area contributed by atoms with Gasteiger partial charge in [0, 0.05) is 16.3 Å². The van der Waals surface area contributed by atoms with E-state index >= 15 is 0 Å². The third-order valence-corrected chi connectivity index (χ3v) is 5.72. The molecule has 3 aromatic carbocycles. The number of carbonyl (C=O) groups excluding carboxylic acids is 2. The summed E-state index contributed by atoms with van der Waals surface area (Å²) in [6.45, 7) is 0. The molecule has 1 aliphatic rings. The number of anilines is 1. The summed E-state index contributed by atoms with van der Waals surface area (Å²) in [6, 6.07) is 16.3. The van der Waals surface area contributed by atoms with Gasteiger partial charge in [0.1, 0.15) is 17.3 Å². The highest BCUT2D eigenvalue weighted by Crippen LogP contribution is 2.43. The Balaban J connectivity index is 1.95. The first-order valence-corrected chi connectivity index (χ1v) is 10.3. The number of phenols is 1. The number of halogens is 2. The lowest BCUT2D eigenvalue weighted by atomic mass is 9.95. The minimum atomic E-state index is -0.986. The molecule has 0 aromatic heterocycles. The SMILES string of the molecule is COc1ccc(N2C(=O)C(=O)/C(=C(\O)c3cccc(Cl)c3)C2c2ccc(O)c(Cl)c2)cc1. The Morgan fingerprint density at radius 1 is 1.00 bits per heavy atom. The van der Waals surface area contributed by atoms with Gasteiger partial charge in [0.05, 0.1) is 23.7 Å². The molecule has 0 spiro atoms. The molecular formula is C24H17Cl2NO5. The first kappa shape index (κ1) is 21.7. The van der Waals surface area contributed by atoms with Crippen LogP contribution in [0, 0.1) is 0 Å². The second-order valence-corrected chi connectivity index (χ2v) is 7.93. The Morgan fingerprint density at radius 2 is 1.72 bits per heavy atom. The highest BCUT2D eigenvalue weighted by molar-refractivity contribution is 6.51. The van der Waals surface area contributed by atoms with E-state index in [1.54, 1.807) is 48.5 Å². The maximum Gasteiger partial charge on any atom is 0.300 e. The first-order valence-electron chi connectivity index (χ1n) is 9.51. The van der Waals surface area contributed by atoms with E-state index in [9.17, 15) is 19.8 Å². The average Bonchev–Trinajstić information content (AvgIpc) is 3.06. The second-order valence-electron chi connectivity index (χ2n) is 7.09. The van der Waals surface area contributed by atoms with Crippen LogP contribution in [0.1, 0.15) is 17.2 Å². The van der Waals surface area contributed by atoms with Gasteiger partial charge >= 0.3 is 0 Å². The zero-order valence-electron chi connectivity index (χ0n) is 16.8. The minimum Gasteiger partial charge on any atom is -0.507 e. The number of aliphatic hydroxyl groups is 1. The standard InChI is InChI=1S/C24H17Cl2NO5/c1-32-17-8-6-16(7-9-17)27-21(13-5-10-19(28)18(26)12-13)20(23(30)24(27)31)22(29)14-3-2-4-15(25)11-14/h2-12,21,28-29H,1H3/b22-20-. The number of benzene rings is 3. The van der Waals surface area contributed by atoms with Crippen LogP contribution in [0.15, 0.2) is 72.3 Å². The molecule has 4 rings (SSSR count). The van der Waals surface area contributed by atoms with E-state index in [0.717, 1.165) is 0 Å². The minimum absolute atomic E-state index is 0.0468. The molecule has 3 aromatic rings. The molecule has 0 bridgehead atoms. The highest BCUT2D eigenvalue weighted by atomic mass is 35.5. The summed E-state index contributed by atoms with van der Waals surface area (Å²) in [4.78, 5) is 27.5. The maximum atomic E-state index is 13.1. The van der Waals surface area contributed by atoms with E-state index in [-0.39, 0.29) is 22.1 Å². The monoisotopic (exact) mass is 469 g/mol. The lowest BCUT2D eigenvalue weighted by Gasteiger charge is -2.26. The molecule has 1 unspecified atom stereocenters. The van der Waals surface area contributed by atoms with Gasteiger partial charge in [-0.05, 0) is 54.1 Å². The van der Waals surface area contributed by atoms with Gasteiger partial charge in [-0.3, -0.25) is 14.5 Å². The molecular weight excluding hydrogens is 453 g/mol. The fourth-order valence-corrected chi connectivity index (χ4v) is 4.02. The predicted molar refractivity (Wildman–Crippen MR) is 122 cm³/mol. The second kappa shape index (κ2) is 8.57. The van der Waals surface area contributed by atoms with Gasteiger partial charge in [0.15, 0.2) is 0 Å². The highest BCUT2D eigenvalue weighted by Gasteiger charge is 2.47. The fraction of sp³-hybridized carbons (Fsp3) is 0.0833. The third kappa shape index (κ3) is 3.79. The summed E-state index contributed by atoms with van der Waals surface area (Å²) in [5.41, 5.74) is 1.04. The Kier molecular flexibility index (Phi) is 5.82. The number of nitrogens with zero attached hydrogens (tertiary/aromatic N) is 1. The van der Waals surface area contributed by atoms with E-state index in [2.05, 4.69) is 0 Å². The molecule has 0 saturated carbocycles. The molecule has 1 aliphatic heterocycles. The van der Waals surface area contributed by atoms with Crippen molar-refractivity contribution in [2.45, 2.75) is 6.04 Å². The molecule has 1 atom stereocenters. The van der Waals surface area contributed by atoms with Gasteiger partial charge in [-0.1, -0.05) is 41.4 Å². The van der Waals surface area contributed by atoms with Crippen molar-refractivity contribution in [3.63, 3.8) is 0 Å². The lowest BCUT2D eigenvalue weighted by Crippen LogP contribution is -2.29. The summed E-state index contributed by atoms with van der Waals surface area (Å²) in [7, 11) is 1.52. The molecule has 0 radical (unpaired) electrons. The number of amides is 1. The van der Waals surface area contributed by atoms with Gasteiger partial charge in [0.25, 0.3) is 11.7 Å². The molecule has 0 aliphatic carbocycles. The lowest BCUT2D eigenvalue weighted by molar-refractivity contribution is -0.132. The molecule has 162 valence electrons. The van der Waals surface area contributed by atoms with E-state index in [4.69, 9.17) is 27.9 Å². The van der Waals surface area contributed by atoms with Gasteiger partial charge in [-0.2, -0.15) is 0 Å². The van der Waals surface area contributed by atoms with Crippen molar-refractivity contribution in [1.29, 1.82) is 0 Å². The maximum absolute atomic E-state index is 13.1. The topological polar surface area (TPSA) is 87.1 Å². The van der Waals surface area contributed by atoms with E-state index in [0.29, 0.717) is 27.6 Å². The average molecular weight is 470 g/mol. The molecule has 6 nitrogen and oxygen atoms in total. The largest absolute Gasteiger partial charge is 0.507 e. The molecule has 1 saturated heterocycles. The van der Waals surface area contributed by atoms with Gasteiger partial charge in [-0.15, -0.1) is 0 Å². The zero-order chi connectivity index (χ0) is 23.0. The summed E-state index contributed by atoms with van der Waals surface area (Å²) in [6.07, 6.45) is 0. The normalized spacial score (nSPS) is 17.6. The van der Waals surface area contributed by atoms with Crippen LogP contribution >= 0.6 is 23.2 Å². The van der Waals surface area contributed by atoms with Crippen molar-refractivity contribution in [2.24, 2.45) is 0 Å². The number of aliphatic hydroxyl groups excluding tert-OH is 1. The molecule has 1 heterocycles. The van der Waals surface area contributed by atoms with Crippen molar-refractivity contribution >= 4 is 46.3 Å². The number of hydrogen-bond donors (Lipinski definition) is 2. The number of phenolic OH excluding ortho intramolecular Hbond substituents is 1. The summed E-state index contributed by atoms with van der Waals surface area (Å²) < 4.78 is 5.17. The van der Waals surface area contributed by atoms with Crippen LogP contribution in [0.2, 0.25) is 10.0 Å². The van der Waals surface area contributed by atoms with Gasteiger partial charge in [0.2, 0.25) is 0 Å². The molecule has 32 heavy (non-hydrogen) atoms. The Bertz CT molecular complexity index is 1250. The first-order chi connectivity index (χ1) is 15.3. The van der Waals surface area contributed by atoms with Crippen molar-refractivity contribution < 1.29 is 24.5 Å². The number of methoxy groups -OCH3 is 1. The van der Waals surface area contributed by atoms with Crippen LogP contribution in [0.3, 0.4) is 0 Å². The zero-order valence-corrected chi connectivity index (χ0v) is 18.3. The quantitative estimate of drug-likeness (QED) is 0.306. The smallest absolute Gasteiger partial charge is 0.300 e. The van der Waals surface area contributed by atoms with Crippen LogP contribution < -0.4 is 9.64 Å². The number of Topliss-reactive ketones (excluding diaryl/α,β-unsaturated/α-hetero) is 1.